The van der Waals surface area contributed by atoms with E-state index < -0.39 is 0 Å². The molecule has 0 unspecified atom stereocenters. The Balaban J connectivity index is 1.69. The quantitative estimate of drug-likeness (QED) is 0.438. The molecule has 0 aliphatic carbocycles. The zero-order valence-corrected chi connectivity index (χ0v) is 17.6. The predicted octanol–water partition coefficient (Wildman–Crippen LogP) is 6.39. The number of carbonyl (C=O) groups is 2. The minimum atomic E-state index is -0.346. The maximum Gasteiger partial charge on any atom is 0.293 e. The Kier molecular flexibility index (Phi) is 5.54. The van der Waals surface area contributed by atoms with Crippen molar-refractivity contribution < 1.29 is 14.3 Å². The molecule has 3 aromatic rings. The highest BCUT2D eigenvalue weighted by atomic mass is 35.5. The molecule has 0 bridgehead atoms. The number of hydrogen-bond acceptors (Lipinski definition) is 4. The largest absolute Gasteiger partial charge is 0.496 e. The van der Waals surface area contributed by atoms with Gasteiger partial charge < -0.3 is 4.74 Å². The molecule has 2 amide bonds. The predicted molar refractivity (Wildman–Crippen MR) is 118 cm³/mol. The summed E-state index contributed by atoms with van der Waals surface area (Å²) >= 11 is 12.9. The summed E-state index contributed by atoms with van der Waals surface area (Å²) in [5.41, 5.74) is 1.50. The van der Waals surface area contributed by atoms with E-state index in [-0.39, 0.29) is 17.7 Å². The fourth-order valence-electron chi connectivity index (χ4n) is 3.19. The smallest absolute Gasteiger partial charge is 0.293 e. The van der Waals surface area contributed by atoms with Crippen molar-refractivity contribution in [3.8, 4) is 5.75 Å². The van der Waals surface area contributed by atoms with E-state index in [4.69, 9.17) is 27.9 Å². The third kappa shape index (κ3) is 3.86. The summed E-state index contributed by atoms with van der Waals surface area (Å²) in [7, 11) is 1.58. The summed E-state index contributed by atoms with van der Waals surface area (Å²) in [6.07, 6.45) is 1.72. The van der Waals surface area contributed by atoms with Crippen LogP contribution in [-0.4, -0.2) is 23.2 Å². The average molecular weight is 444 g/mol. The fourth-order valence-corrected chi connectivity index (χ4v) is 4.33. The number of amides is 2. The second kappa shape index (κ2) is 8.11. The van der Waals surface area contributed by atoms with Crippen LogP contribution in [0.3, 0.4) is 0 Å². The number of methoxy groups -OCH3 is 1. The maximum absolute atomic E-state index is 12.9. The maximum atomic E-state index is 12.9. The van der Waals surface area contributed by atoms with Gasteiger partial charge in [-0.25, -0.2) is 0 Å². The lowest BCUT2D eigenvalue weighted by Gasteiger charge is -2.13. The standard InChI is InChI=1S/C22H15Cl2NO3S/c1-28-19-9-7-14-4-2-3-5-15(14)16(19)11-20-21(26)25(22(27)29-20)12-13-6-8-17(23)18(24)10-13/h2-11H,12H2,1H3/b20-11+. The second-order valence-corrected chi connectivity index (χ2v) is 8.23. The summed E-state index contributed by atoms with van der Waals surface area (Å²) in [4.78, 5) is 27.0. The number of carbonyl (C=O) groups excluding carboxylic acids is 2. The fraction of sp³-hybridized carbons (Fsp3) is 0.0909. The third-order valence-corrected chi connectivity index (χ3v) is 6.27. The van der Waals surface area contributed by atoms with E-state index in [2.05, 4.69) is 0 Å². The number of benzene rings is 3. The lowest BCUT2D eigenvalue weighted by molar-refractivity contribution is -0.123. The number of ether oxygens (including phenoxy) is 1. The first-order valence-corrected chi connectivity index (χ1v) is 10.3. The van der Waals surface area contributed by atoms with Crippen LogP contribution in [0.2, 0.25) is 10.0 Å². The van der Waals surface area contributed by atoms with Crippen molar-refractivity contribution in [3.05, 3.63) is 80.7 Å². The van der Waals surface area contributed by atoms with E-state index in [9.17, 15) is 9.59 Å². The van der Waals surface area contributed by atoms with Gasteiger partial charge in [-0.15, -0.1) is 0 Å². The molecule has 1 aliphatic rings. The number of imide groups is 1. The van der Waals surface area contributed by atoms with E-state index >= 15 is 0 Å². The molecular weight excluding hydrogens is 429 g/mol. The molecular formula is C22H15Cl2NO3S. The monoisotopic (exact) mass is 443 g/mol. The highest BCUT2D eigenvalue weighted by molar-refractivity contribution is 8.18. The van der Waals surface area contributed by atoms with Crippen LogP contribution in [0.1, 0.15) is 11.1 Å². The van der Waals surface area contributed by atoms with Gasteiger partial charge in [0, 0.05) is 5.56 Å². The molecule has 1 fully saturated rings. The molecule has 1 aliphatic heterocycles. The van der Waals surface area contributed by atoms with Crippen LogP contribution >= 0.6 is 35.0 Å². The van der Waals surface area contributed by atoms with Gasteiger partial charge in [-0.1, -0.05) is 59.6 Å². The molecule has 0 atom stereocenters. The molecule has 4 nitrogen and oxygen atoms in total. The molecule has 1 saturated heterocycles. The number of rotatable bonds is 4. The Bertz CT molecular complexity index is 1180. The van der Waals surface area contributed by atoms with Crippen LogP contribution in [0.5, 0.6) is 5.75 Å². The van der Waals surface area contributed by atoms with Crippen molar-refractivity contribution in [2.45, 2.75) is 6.54 Å². The molecule has 0 spiro atoms. The van der Waals surface area contributed by atoms with Gasteiger partial charge in [0.15, 0.2) is 0 Å². The first-order chi connectivity index (χ1) is 14.0. The van der Waals surface area contributed by atoms with E-state index in [1.54, 1.807) is 31.4 Å². The number of nitrogens with zero attached hydrogens (tertiary/aromatic N) is 1. The highest BCUT2D eigenvalue weighted by Gasteiger charge is 2.35. The van der Waals surface area contributed by atoms with Crippen molar-refractivity contribution in [3.63, 3.8) is 0 Å². The zero-order valence-electron chi connectivity index (χ0n) is 15.3. The number of hydrogen-bond donors (Lipinski definition) is 0. The van der Waals surface area contributed by atoms with Gasteiger partial charge in [0.2, 0.25) is 0 Å². The molecule has 146 valence electrons. The van der Waals surface area contributed by atoms with Gasteiger partial charge in [-0.05, 0) is 52.4 Å². The molecule has 29 heavy (non-hydrogen) atoms. The SMILES string of the molecule is COc1ccc2ccccc2c1/C=C1/SC(=O)N(Cc2ccc(Cl)c(Cl)c2)C1=O. The Hall–Kier alpha value is -2.47. The molecule has 0 N–H and O–H groups in total. The first-order valence-electron chi connectivity index (χ1n) is 8.73. The molecule has 7 heteroatoms. The number of thioether (sulfide) groups is 1. The Morgan fingerprint density at radius 3 is 2.59 bits per heavy atom. The van der Waals surface area contributed by atoms with Gasteiger partial charge in [-0.2, -0.15) is 0 Å². The molecule has 3 aromatic carbocycles. The number of halogens is 2. The summed E-state index contributed by atoms with van der Waals surface area (Å²) in [6, 6.07) is 16.7. The Morgan fingerprint density at radius 2 is 1.83 bits per heavy atom. The number of fused-ring (bicyclic) bond motifs is 1. The summed E-state index contributed by atoms with van der Waals surface area (Å²) < 4.78 is 5.48. The van der Waals surface area contributed by atoms with Gasteiger partial charge in [0.1, 0.15) is 5.75 Å². The van der Waals surface area contributed by atoms with E-state index in [0.717, 1.165) is 33.7 Å². The molecule has 4 rings (SSSR count). The van der Waals surface area contributed by atoms with Crippen molar-refractivity contribution in [2.75, 3.05) is 7.11 Å². The van der Waals surface area contributed by atoms with Gasteiger partial charge in [0.05, 0.1) is 28.6 Å². The van der Waals surface area contributed by atoms with Gasteiger partial charge >= 0.3 is 0 Å². The molecule has 1 heterocycles. The van der Waals surface area contributed by atoms with E-state index in [1.165, 1.54) is 4.90 Å². The summed E-state index contributed by atoms with van der Waals surface area (Å²) in [5.74, 6) is 0.293. The normalized spacial score (nSPS) is 15.6. The van der Waals surface area contributed by atoms with Gasteiger partial charge in [0.25, 0.3) is 11.1 Å². The minimum Gasteiger partial charge on any atom is -0.496 e. The van der Waals surface area contributed by atoms with Crippen LogP contribution in [0, 0.1) is 0 Å². The van der Waals surface area contributed by atoms with Crippen LogP contribution in [0.15, 0.2) is 59.5 Å². The van der Waals surface area contributed by atoms with Crippen molar-refractivity contribution in [2.24, 2.45) is 0 Å². The van der Waals surface area contributed by atoms with Gasteiger partial charge in [-0.3, -0.25) is 14.5 Å². The first kappa shape index (κ1) is 19.8. The third-order valence-electron chi connectivity index (χ3n) is 4.62. The van der Waals surface area contributed by atoms with E-state index in [0.29, 0.717) is 20.7 Å². The zero-order chi connectivity index (χ0) is 20.5. The van der Waals surface area contributed by atoms with Crippen LogP contribution < -0.4 is 4.74 Å². The Morgan fingerprint density at radius 1 is 1.03 bits per heavy atom. The van der Waals surface area contributed by atoms with Crippen LogP contribution in [0.25, 0.3) is 16.8 Å². The van der Waals surface area contributed by atoms with E-state index in [1.807, 2.05) is 36.4 Å². The van der Waals surface area contributed by atoms with Crippen LogP contribution in [-0.2, 0) is 11.3 Å². The molecule has 0 radical (unpaired) electrons. The minimum absolute atomic E-state index is 0.131. The Labute approximate surface area is 182 Å². The highest BCUT2D eigenvalue weighted by Crippen LogP contribution is 2.37. The van der Waals surface area contributed by atoms with Crippen molar-refractivity contribution >= 4 is 63.0 Å². The summed E-state index contributed by atoms with van der Waals surface area (Å²) in [6.45, 7) is 0.131. The summed E-state index contributed by atoms with van der Waals surface area (Å²) in [5, 5.41) is 2.45. The van der Waals surface area contributed by atoms with Crippen LogP contribution in [0.4, 0.5) is 4.79 Å². The van der Waals surface area contributed by atoms with Crippen molar-refractivity contribution in [1.82, 2.24) is 4.90 Å². The second-order valence-electron chi connectivity index (χ2n) is 6.42. The molecule has 0 aromatic heterocycles. The lowest BCUT2D eigenvalue weighted by Crippen LogP contribution is -2.27. The average Bonchev–Trinajstić information content (AvgIpc) is 2.98. The van der Waals surface area contributed by atoms with Crippen molar-refractivity contribution in [1.29, 1.82) is 0 Å². The lowest BCUT2D eigenvalue weighted by atomic mass is 10.0. The molecule has 0 saturated carbocycles. The topological polar surface area (TPSA) is 46.6 Å².